The quantitative estimate of drug-likeness (QED) is 0.317. The molecule has 0 fully saturated rings. The number of halogens is 2. The average Bonchev–Trinajstić information content (AvgIpc) is 1.95. The Balaban J connectivity index is 2.82. The normalized spacial score (nSPS) is 29.8. The molecule has 0 aromatic heterocycles. The third-order valence-electron chi connectivity index (χ3n) is 1.10. The van der Waals surface area contributed by atoms with Crippen LogP contribution in [0.4, 0.5) is 8.78 Å². The Labute approximate surface area is 59.6 Å². The van der Waals surface area contributed by atoms with Gasteiger partial charge in [0.25, 0.3) is 0 Å². The highest BCUT2D eigenvalue weighted by Gasteiger charge is 2.43. The Morgan fingerprint density at radius 3 is 2.82 bits per heavy atom. The van der Waals surface area contributed by atoms with Gasteiger partial charge in [-0.15, -0.1) is 0 Å². The summed E-state index contributed by atoms with van der Waals surface area (Å²) < 4.78 is 24.7. The highest BCUT2D eigenvalue weighted by Crippen LogP contribution is 2.13. The highest BCUT2D eigenvalue weighted by atomic mass is 19.1. The molecule has 0 saturated heterocycles. The van der Waals surface area contributed by atoms with Crippen LogP contribution >= 0.6 is 0 Å². The van der Waals surface area contributed by atoms with Gasteiger partial charge in [-0.05, 0) is 0 Å². The van der Waals surface area contributed by atoms with Crippen molar-refractivity contribution in [1.82, 2.24) is 0 Å². The van der Waals surface area contributed by atoms with E-state index in [2.05, 4.69) is 9.98 Å². The monoisotopic (exact) mass is 163 g/mol. The fraction of sp³-hybridized carbons (Fsp3) is 0.500. The van der Waals surface area contributed by atoms with Gasteiger partial charge in [0.1, 0.15) is 6.21 Å². The molecule has 0 aromatic rings. The van der Waals surface area contributed by atoms with Gasteiger partial charge in [0.15, 0.2) is 6.54 Å². The first-order valence-electron chi connectivity index (χ1n) is 2.63. The summed E-state index contributed by atoms with van der Waals surface area (Å²) >= 11 is 0. The molecular formula is C4H3F2N3O2. The second kappa shape index (κ2) is 2.33. The molecule has 11 heavy (non-hydrogen) atoms. The van der Waals surface area contributed by atoms with E-state index in [1.807, 2.05) is 0 Å². The lowest BCUT2D eigenvalue weighted by Crippen LogP contribution is -2.40. The minimum atomic E-state index is -2.84. The Morgan fingerprint density at radius 2 is 2.45 bits per heavy atom. The maximum atomic E-state index is 12.7. The molecular weight excluding hydrogens is 160 g/mol. The van der Waals surface area contributed by atoms with Crippen LogP contribution in [0, 0.1) is 10.1 Å². The van der Waals surface area contributed by atoms with Gasteiger partial charge >= 0.3 is 11.9 Å². The summed E-state index contributed by atoms with van der Waals surface area (Å²) in [5.74, 6) is -2.84. The van der Waals surface area contributed by atoms with Gasteiger partial charge in [-0.3, -0.25) is 10.1 Å². The molecule has 0 amide bonds. The van der Waals surface area contributed by atoms with E-state index in [0.29, 0.717) is 6.21 Å². The first-order chi connectivity index (χ1) is 5.04. The van der Waals surface area contributed by atoms with Crippen molar-refractivity contribution in [2.45, 2.75) is 5.79 Å². The lowest BCUT2D eigenvalue weighted by atomic mass is 10.3. The van der Waals surface area contributed by atoms with Crippen LogP contribution < -0.4 is 0 Å². The molecule has 1 heterocycles. The summed E-state index contributed by atoms with van der Waals surface area (Å²) in [6.07, 6.45) is -0.838. The van der Waals surface area contributed by atoms with Crippen LogP contribution in [0.2, 0.25) is 0 Å². The van der Waals surface area contributed by atoms with E-state index >= 15 is 0 Å². The molecule has 1 atom stereocenters. The fourth-order valence-electron chi connectivity index (χ4n) is 0.515. The first kappa shape index (κ1) is 7.70. The van der Waals surface area contributed by atoms with Crippen LogP contribution in [0.25, 0.3) is 0 Å². The Bertz CT molecular complexity index is 252. The second-order valence-corrected chi connectivity index (χ2v) is 1.92. The van der Waals surface area contributed by atoms with E-state index < -0.39 is 23.4 Å². The van der Waals surface area contributed by atoms with Gasteiger partial charge in [-0.2, -0.15) is 8.78 Å². The van der Waals surface area contributed by atoms with E-state index in [0.717, 1.165) is 0 Å². The van der Waals surface area contributed by atoms with Gasteiger partial charge in [-0.1, -0.05) is 0 Å². The fourth-order valence-corrected chi connectivity index (χ4v) is 0.515. The van der Waals surface area contributed by atoms with Crippen molar-refractivity contribution < 1.29 is 13.7 Å². The van der Waals surface area contributed by atoms with E-state index in [-0.39, 0.29) is 0 Å². The number of amidine groups is 1. The smallest absolute Gasteiger partial charge is 0.261 e. The molecule has 60 valence electrons. The van der Waals surface area contributed by atoms with Crippen molar-refractivity contribution in [2.24, 2.45) is 9.98 Å². The molecule has 0 saturated carbocycles. The summed E-state index contributed by atoms with van der Waals surface area (Å²) in [6.45, 7) is -0.852. The van der Waals surface area contributed by atoms with E-state index in [1.54, 1.807) is 0 Å². The zero-order chi connectivity index (χ0) is 8.48. The molecule has 0 aromatic carbocycles. The number of rotatable bonds is 1. The highest BCUT2D eigenvalue weighted by molar-refractivity contribution is 5.87. The third-order valence-corrected chi connectivity index (χ3v) is 1.10. The van der Waals surface area contributed by atoms with Crippen molar-refractivity contribution in [1.29, 1.82) is 0 Å². The number of hydrogen-bond donors (Lipinski definition) is 0. The minimum absolute atomic E-state index is 0.301. The first-order valence-corrected chi connectivity index (χ1v) is 2.63. The molecule has 0 spiro atoms. The number of nitrogens with zero attached hydrogens (tertiary/aromatic N) is 3. The largest absolute Gasteiger partial charge is 0.413 e. The van der Waals surface area contributed by atoms with Gasteiger partial charge in [0, 0.05) is 0 Å². The third kappa shape index (κ3) is 1.36. The molecule has 0 bridgehead atoms. The van der Waals surface area contributed by atoms with Gasteiger partial charge in [0.2, 0.25) is 0 Å². The maximum Gasteiger partial charge on any atom is 0.413 e. The molecule has 1 aliphatic rings. The molecule has 1 aliphatic heterocycles. The van der Waals surface area contributed by atoms with Crippen LogP contribution in [0.15, 0.2) is 9.98 Å². The van der Waals surface area contributed by atoms with Crippen molar-refractivity contribution in [3.05, 3.63) is 10.1 Å². The zero-order valence-corrected chi connectivity index (χ0v) is 5.20. The summed E-state index contributed by atoms with van der Waals surface area (Å²) in [7, 11) is 0. The minimum Gasteiger partial charge on any atom is -0.261 e. The number of aliphatic imine (C=N–C) groups is 2. The van der Waals surface area contributed by atoms with Crippen molar-refractivity contribution in [3.8, 4) is 0 Å². The zero-order valence-electron chi connectivity index (χ0n) is 5.20. The summed E-state index contributed by atoms with van der Waals surface area (Å²) in [5, 5.41) is 9.93. The standard InChI is InChI=1S/C4H3F2N3O2/c5-3-7-1-4(6,2-8-3)9(10)11/h1H,2H2. The SMILES string of the molecule is O=[N+]([O-])C1(F)C=NC(F)=NC1. The summed E-state index contributed by atoms with van der Waals surface area (Å²) in [6, 6.07) is 0. The molecule has 5 nitrogen and oxygen atoms in total. The number of nitro groups is 1. The summed E-state index contributed by atoms with van der Waals surface area (Å²) in [4.78, 5) is 14.3. The lowest BCUT2D eigenvalue weighted by molar-refractivity contribution is -0.575. The van der Waals surface area contributed by atoms with E-state index in [9.17, 15) is 18.9 Å². The Morgan fingerprint density at radius 1 is 1.82 bits per heavy atom. The van der Waals surface area contributed by atoms with Crippen molar-refractivity contribution in [2.75, 3.05) is 6.54 Å². The predicted molar refractivity (Wildman–Crippen MR) is 32.7 cm³/mol. The molecule has 0 aliphatic carbocycles. The van der Waals surface area contributed by atoms with Gasteiger partial charge in [0.05, 0.1) is 4.92 Å². The van der Waals surface area contributed by atoms with Crippen LogP contribution in [0.1, 0.15) is 0 Å². The summed E-state index contributed by atoms with van der Waals surface area (Å²) in [5.41, 5.74) is 0. The van der Waals surface area contributed by atoms with Crippen LogP contribution in [0.3, 0.4) is 0 Å². The topological polar surface area (TPSA) is 67.9 Å². The molecule has 1 rings (SSSR count). The predicted octanol–water partition coefficient (Wildman–Crippen LogP) is 0.339. The van der Waals surface area contributed by atoms with Crippen molar-refractivity contribution in [3.63, 3.8) is 0 Å². The molecule has 1 unspecified atom stereocenters. The van der Waals surface area contributed by atoms with Crippen LogP contribution in [-0.2, 0) is 0 Å². The van der Waals surface area contributed by atoms with Gasteiger partial charge in [-0.25, -0.2) is 9.98 Å². The van der Waals surface area contributed by atoms with Gasteiger partial charge < -0.3 is 0 Å². The second-order valence-electron chi connectivity index (χ2n) is 1.92. The lowest BCUT2D eigenvalue weighted by Gasteiger charge is -2.10. The molecule has 0 radical (unpaired) electrons. The Hall–Kier alpha value is -1.40. The average molecular weight is 163 g/mol. The molecule has 0 N–H and O–H groups in total. The number of hydrogen-bond acceptors (Lipinski definition) is 4. The van der Waals surface area contributed by atoms with E-state index in [4.69, 9.17) is 0 Å². The Kier molecular flexibility index (Phi) is 1.63. The maximum absolute atomic E-state index is 12.7. The van der Waals surface area contributed by atoms with E-state index in [1.165, 1.54) is 0 Å². The van der Waals surface area contributed by atoms with Crippen molar-refractivity contribution >= 4 is 12.3 Å². The van der Waals surface area contributed by atoms with Crippen LogP contribution in [-0.4, -0.2) is 29.6 Å². The number of alkyl halides is 1. The molecule has 7 heteroatoms. The van der Waals surface area contributed by atoms with Crippen LogP contribution in [0.5, 0.6) is 0 Å².